The van der Waals surface area contributed by atoms with Crippen LogP contribution in [0.3, 0.4) is 0 Å². The van der Waals surface area contributed by atoms with Crippen molar-refractivity contribution in [1.82, 2.24) is 0 Å². The van der Waals surface area contributed by atoms with Crippen LogP contribution < -0.4 is 0 Å². The van der Waals surface area contributed by atoms with Crippen LogP contribution in [0.5, 0.6) is 0 Å². The minimum absolute atomic E-state index is 0.0246. The zero-order valence-corrected chi connectivity index (χ0v) is 9.96. The highest BCUT2D eigenvalue weighted by Crippen LogP contribution is 2.14. The van der Waals surface area contributed by atoms with E-state index in [2.05, 4.69) is 12.2 Å². The molecular formula is C14H26O. The molecule has 1 N–H and O–H groups in total. The standard InChI is InChI=1S/C14H26O/c15-14-12-10-8-6-4-2-1-3-5-7-9-11-13-14/h1-2,14-15H,3-13H2/b2-1-. The average molecular weight is 210 g/mol. The molecule has 1 nitrogen and oxygen atoms in total. The van der Waals surface area contributed by atoms with Gasteiger partial charge in [0.1, 0.15) is 0 Å². The lowest BCUT2D eigenvalue weighted by Gasteiger charge is -2.10. The van der Waals surface area contributed by atoms with Gasteiger partial charge in [-0.1, -0.05) is 44.3 Å². The Morgan fingerprint density at radius 3 is 1.73 bits per heavy atom. The second-order valence-corrected chi connectivity index (χ2v) is 4.75. The van der Waals surface area contributed by atoms with E-state index in [4.69, 9.17) is 0 Å². The first-order valence-electron chi connectivity index (χ1n) is 6.72. The molecule has 0 aliphatic heterocycles. The second kappa shape index (κ2) is 8.96. The molecule has 0 aromatic carbocycles. The quantitative estimate of drug-likeness (QED) is 0.594. The number of hydrogen-bond donors (Lipinski definition) is 1. The van der Waals surface area contributed by atoms with Crippen molar-refractivity contribution in [3.63, 3.8) is 0 Å². The molecule has 0 heterocycles. The predicted octanol–water partition coefficient (Wildman–Crippen LogP) is 4.21. The number of rotatable bonds is 0. The number of aliphatic hydroxyl groups is 1. The molecule has 0 bridgehead atoms. The average Bonchev–Trinajstić information content (AvgIpc) is 2.24. The van der Waals surface area contributed by atoms with Crippen molar-refractivity contribution in [3.8, 4) is 0 Å². The minimum atomic E-state index is -0.0246. The molecule has 0 spiro atoms. The molecule has 1 heteroatoms. The van der Waals surface area contributed by atoms with E-state index in [-0.39, 0.29) is 6.10 Å². The van der Waals surface area contributed by atoms with Gasteiger partial charge in [-0.25, -0.2) is 0 Å². The van der Waals surface area contributed by atoms with Gasteiger partial charge < -0.3 is 5.11 Å². The van der Waals surface area contributed by atoms with E-state index >= 15 is 0 Å². The number of aliphatic hydroxyl groups excluding tert-OH is 1. The summed E-state index contributed by atoms with van der Waals surface area (Å²) in [5.41, 5.74) is 0. The molecule has 0 amide bonds. The first kappa shape index (κ1) is 12.8. The molecule has 1 aliphatic carbocycles. The molecule has 0 aromatic rings. The summed E-state index contributed by atoms with van der Waals surface area (Å²) in [6, 6.07) is 0. The maximum absolute atomic E-state index is 9.71. The summed E-state index contributed by atoms with van der Waals surface area (Å²) in [5.74, 6) is 0. The first-order valence-corrected chi connectivity index (χ1v) is 6.72. The number of allylic oxidation sites excluding steroid dienone is 2. The summed E-state index contributed by atoms with van der Waals surface area (Å²) in [4.78, 5) is 0. The van der Waals surface area contributed by atoms with Crippen molar-refractivity contribution in [1.29, 1.82) is 0 Å². The third-order valence-electron chi connectivity index (χ3n) is 3.23. The van der Waals surface area contributed by atoms with Gasteiger partial charge in [0.25, 0.3) is 0 Å². The molecule has 0 saturated heterocycles. The van der Waals surface area contributed by atoms with Crippen molar-refractivity contribution in [3.05, 3.63) is 12.2 Å². The zero-order valence-electron chi connectivity index (χ0n) is 9.96. The fraction of sp³-hybridized carbons (Fsp3) is 0.857. The van der Waals surface area contributed by atoms with Crippen LogP contribution in [-0.4, -0.2) is 11.2 Å². The van der Waals surface area contributed by atoms with E-state index in [0.717, 1.165) is 12.8 Å². The summed E-state index contributed by atoms with van der Waals surface area (Å²) in [6.45, 7) is 0. The largest absolute Gasteiger partial charge is 0.393 e. The van der Waals surface area contributed by atoms with E-state index in [1.165, 1.54) is 57.8 Å². The van der Waals surface area contributed by atoms with Crippen molar-refractivity contribution in [2.75, 3.05) is 0 Å². The minimum Gasteiger partial charge on any atom is -0.393 e. The molecule has 0 fully saturated rings. The summed E-state index contributed by atoms with van der Waals surface area (Å²) in [5, 5.41) is 9.71. The summed E-state index contributed by atoms with van der Waals surface area (Å²) >= 11 is 0. The Kier molecular flexibility index (Phi) is 7.63. The molecule has 0 radical (unpaired) electrons. The van der Waals surface area contributed by atoms with Crippen LogP contribution in [0.25, 0.3) is 0 Å². The van der Waals surface area contributed by atoms with Gasteiger partial charge in [-0.05, 0) is 38.5 Å². The molecule has 0 aromatic heterocycles. The van der Waals surface area contributed by atoms with Gasteiger partial charge in [0.05, 0.1) is 6.10 Å². The van der Waals surface area contributed by atoms with Crippen molar-refractivity contribution >= 4 is 0 Å². The third-order valence-corrected chi connectivity index (χ3v) is 3.23. The molecule has 88 valence electrons. The maximum Gasteiger partial charge on any atom is 0.0540 e. The third kappa shape index (κ3) is 7.61. The fourth-order valence-electron chi connectivity index (χ4n) is 2.19. The maximum atomic E-state index is 9.71. The van der Waals surface area contributed by atoms with Crippen LogP contribution in [0.15, 0.2) is 12.2 Å². The van der Waals surface area contributed by atoms with Crippen LogP contribution in [0.4, 0.5) is 0 Å². The molecule has 1 atom stereocenters. The Balaban J connectivity index is 2.18. The van der Waals surface area contributed by atoms with E-state index in [1.54, 1.807) is 0 Å². The van der Waals surface area contributed by atoms with E-state index in [0.29, 0.717) is 0 Å². The van der Waals surface area contributed by atoms with Gasteiger partial charge in [0, 0.05) is 0 Å². The normalized spacial score (nSPS) is 29.3. The molecule has 1 unspecified atom stereocenters. The SMILES string of the molecule is OC1CCCCC/C=C\CCCCCC1. The Labute approximate surface area is 94.6 Å². The highest BCUT2D eigenvalue weighted by molar-refractivity contribution is 4.81. The van der Waals surface area contributed by atoms with Crippen molar-refractivity contribution < 1.29 is 5.11 Å². The fourth-order valence-corrected chi connectivity index (χ4v) is 2.19. The molecule has 0 saturated carbocycles. The molecule has 1 rings (SSSR count). The van der Waals surface area contributed by atoms with E-state index < -0.39 is 0 Å². The van der Waals surface area contributed by atoms with Crippen LogP contribution in [0.2, 0.25) is 0 Å². The van der Waals surface area contributed by atoms with Gasteiger partial charge >= 0.3 is 0 Å². The second-order valence-electron chi connectivity index (χ2n) is 4.75. The van der Waals surface area contributed by atoms with Gasteiger partial charge in [0.2, 0.25) is 0 Å². The Bertz CT molecular complexity index is 163. The first-order chi connectivity index (χ1) is 7.39. The van der Waals surface area contributed by atoms with Crippen LogP contribution in [0, 0.1) is 0 Å². The van der Waals surface area contributed by atoms with Gasteiger partial charge in [-0.2, -0.15) is 0 Å². The van der Waals surface area contributed by atoms with Gasteiger partial charge in [-0.3, -0.25) is 0 Å². The highest BCUT2D eigenvalue weighted by Gasteiger charge is 2.03. The van der Waals surface area contributed by atoms with Gasteiger partial charge in [-0.15, -0.1) is 0 Å². The van der Waals surface area contributed by atoms with E-state index in [9.17, 15) is 5.11 Å². The van der Waals surface area contributed by atoms with Crippen molar-refractivity contribution in [2.45, 2.75) is 76.7 Å². The summed E-state index contributed by atoms with van der Waals surface area (Å²) in [6.07, 6.45) is 18.1. The van der Waals surface area contributed by atoms with Crippen LogP contribution in [0.1, 0.15) is 70.6 Å². The monoisotopic (exact) mass is 210 g/mol. The Morgan fingerprint density at radius 1 is 0.667 bits per heavy atom. The van der Waals surface area contributed by atoms with Crippen LogP contribution in [-0.2, 0) is 0 Å². The highest BCUT2D eigenvalue weighted by atomic mass is 16.3. The lowest BCUT2D eigenvalue weighted by Crippen LogP contribution is -2.05. The summed E-state index contributed by atoms with van der Waals surface area (Å²) < 4.78 is 0. The van der Waals surface area contributed by atoms with Crippen LogP contribution >= 0.6 is 0 Å². The molecule has 1 aliphatic rings. The van der Waals surface area contributed by atoms with Gasteiger partial charge in [0.15, 0.2) is 0 Å². The topological polar surface area (TPSA) is 20.2 Å². The molecule has 15 heavy (non-hydrogen) atoms. The Hall–Kier alpha value is -0.300. The lowest BCUT2D eigenvalue weighted by molar-refractivity contribution is 0.147. The zero-order chi connectivity index (χ0) is 10.8. The smallest absolute Gasteiger partial charge is 0.0540 e. The molecular weight excluding hydrogens is 184 g/mol. The predicted molar refractivity (Wildman–Crippen MR) is 65.9 cm³/mol. The lowest BCUT2D eigenvalue weighted by atomic mass is 10.0. The van der Waals surface area contributed by atoms with Crippen molar-refractivity contribution in [2.24, 2.45) is 0 Å². The summed E-state index contributed by atoms with van der Waals surface area (Å²) in [7, 11) is 0. The van der Waals surface area contributed by atoms with E-state index in [1.807, 2.05) is 0 Å². The number of hydrogen-bond acceptors (Lipinski definition) is 1. The Morgan fingerprint density at radius 2 is 1.13 bits per heavy atom.